The van der Waals surface area contributed by atoms with Gasteiger partial charge in [-0.25, -0.2) is 0 Å². The molecule has 0 radical (unpaired) electrons. The van der Waals surface area contributed by atoms with Crippen LogP contribution in [0.25, 0.3) is 0 Å². The molecule has 1 fully saturated rings. The van der Waals surface area contributed by atoms with Gasteiger partial charge in [0.25, 0.3) is 0 Å². The third-order valence-electron chi connectivity index (χ3n) is 3.73. The number of hydrogen-bond donors (Lipinski definition) is 2. The van der Waals surface area contributed by atoms with Gasteiger partial charge in [-0.3, -0.25) is 0 Å². The summed E-state index contributed by atoms with van der Waals surface area (Å²) in [5, 5.41) is 12.4. The van der Waals surface area contributed by atoms with E-state index in [0.717, 1.165) is 24.9 Å². The molecule has 1 saturated heterocycles. The maximum Gasteiger partial charge on any atom is 0.144 e. The number of aliphatic hydroxyl groups excluding tert-OH is 1. The van der Waals surface area contributed by atoms with Crippen molar-refractivity contribution >= 4 is 0 Å². The van der Waals surface area contributed by atoms with E-state index < -0.39 is 0 Å². The summed E-state index contributed by atoms with van der Waals surface area (Å²) in [6.45, 7) is 0.594. The van der Waals surface area contributed by atoms with Crippen molar-refractivity contribution in [3.05, 3.63) is 41.3 Å². The van der Waals surface area contributed by atoms with Gasteiger partial charge in [-0.1, -0.05) is 12.1 Å². The third-order valence-corrected chi connectivity index (χ3v) is 3.73. The zero-order valence-corrected chi connectivity index (χ0v) is 10.3. The lowest BCUT2D eigenvalue weighted by molar-refractivity contribution is 0.0375. The molecule has 1 aliphatic heterocycles. The molecule has 0 unspecified atom stereocenters. The Bertz CT molecular complexity index is 484. The second kappa shape index (κ2) is 4.53. The maximum atomic E-state index is 9.03. The average molecular weight is 247 g/mol. The van der Waals surface area contributed by atoms with Crippen molar-refractivity contribution in [1.29, 1.82) is 0 Å². The minimum Gasteiger partial charge on any atom is -0.512 e. The highest BCUT2D eigenvalue weighted by molar-refractivity contribution is 5.43. The van der Waals surface area contributed by atoms with E-state index in [0.29, 0.717) is 18.3 Å². The lowest BCUT2D eigenvalue weighted by atomic mass is 9.85. The molecule has 18 heavy (non-hydrogen) atoms. The molecule has 1 aromatic rings. The largest absolute Gasteiger partial charge is 0.512 e. The molecule has 0 bridgehead atoms. The van der Waals surface area contributed by atoms with E-state index >= 15 is 0 Å². The first-order chi connectivity index (χ1) is 8.81. The Labute approximate surface area is 106 Å². The topological polar surface area (TPSA) is 50.7 Å². The van der Waals surface area contributed by atoms with Crippen LogP contribution in [0.3, 0.4) is 0 Å². The van der Waals surface area contributed by atoms with Crippen molar-refractivity contribution in [2.45, 2.75) is 25.0 Å². The summed E-state index contributed by atoms with van der Waals surface area (Å²) < 4.78 is 11.2. The molecule has 2 aliphatic rings. The zero-order valence-electron chi connectivity index (χ0n) is 10.3. The molecule has 1 heterocycles. The quantitative estimate of drug-likeness (QED) is 0.739. The van der Waals surface area contributed by atoms with Gasteiger partial charge in [0.15, 0.2) is 0 Å². The highest BCUT2D eigenvalue weighted by atomic mass is 16.5. The molecule has 0 spiro atoms. The first kappa shape index (κ1) is 11.4. The number of nitrogens with one attached hydrogen (secondary N) is 1. The predicted octanol–water partition coefficient (Wildman–Crippen LogP) is 1.55. The third kappa shape index (κ3) is 1.82. The summed E-state index contributed by atoms with van der Waals surface area (Å²) in [5.41, 5.74) is 2.55. The standard InChI is InChI=1S/C14H17NO3/c1-17-13-4-2-3-9-5-12-14(6-11(9)13)18-10(8-16)7-15-12/h2-4,8,12,14-16H,5-7H2,1H3/b10-8-/t12-,14-/m1/s1. The first-order valence-electron chi connectivity index (χ1n) is 6.20. The molecule has 1 aliphatic carbocycles. The first-order valence-corrected chi connectivity index (χ1v) is 6.20. The highest BCUT2D eigenvalue weighted by Crippen LogP contribution is 2.32. The molecule has 1 aromatic carbocycles. The molecule has 96 valence electrons. The minimum absolute atomic E-state index is 0.0703. The Hall–Kier alpha value is -1.68. The normalized spacial score (nSPS) is 28.2. The van der Waals surface area contributed by atoms with Crippen molar-refractivity contribution < 1.29 is 14.6 Å². The van der Waals surface area contributed by atoms with E-state index in [1.807, 2.05) is 12.1 Å². The molecule has 4 heteroatoms. The van der Waals surface area contributed by atoms with Gasteiger partial charge in [0, 0.05) is 18.0 Å². The van der Waals surface area contributed by atoms with E-state index in [2.05, 4.69) is 11.4 Å². The average Bonchev–Trinajstić information content (AvgIpc) is 2.43. The second-order valence-corrected chi connectivity index (χ2v) is 4.75. The van der Waals surface area contributed by atoms with E-state index in [4.69, 9.17) is 14.6 Å². The molecular formula is C14H17NO3. The van der Waals surface area contributed by atoms with Crippen molar-refractivity contribution in [3.63, 3.8) is 0 Å². The number of hydrogen-bond acceptors (Lipinski definition) is 4. The zero-order chi connectivity index (χ0) is 12.5. The number of methoxy groups -OCH3 is 1. The van der Waals surface area contributed by atoms with Gasteiger partial charge < -0.3 is 19.9 Å². The lowest BCUT2D eigenvalue weighted by Gasteiger charge is -2.38. The van der Waals surface area contributed by atoms with Gasteiger partial charge in [-0.05, 0) is 18.1 Å². The number of benzene rings is 1. The van der Waals surface area contributed by atoms with Crippen LogP contribution in [0.1, 0.15) is 11.1 Å². The van der Waals surface area contributed by atoms with Crippen LogP contribution in [0.15, 0.2) is 30.2 Å². The van der Waals surface area contributed by atoms with E-state index in [1.54, 1.807) is 7.11 Å². The maximum absolute atomic E-state index is 9.03. The van der Waals surface area contributed by atoms with Crippen LogP contribution >= 0.6 is 0 Å². The fourth-order valence-corrected chi connectivity index (χ4v) is 2.81. The van der Waals surface area contributed by atoms with Gasteiger partial charge in [0.2, 0.25) is 0 Å². The Morgan fingerprint density at radius 2 is 2.33 bits per heavy atom. The number of ether oxygens (including phenoxy) is 2. The predicted molar refractivity (Wildman–Crippen MR) is 67.8 cm³/mol. The summed E-state index contributed by atoms with van der Waals surface area (Å²) >= 11 is 0. The Kier molecular flexibility index (Phi) is 2.88. The van der Waals surface area contributed by atoms with Crippen molar-refractivity contribution in [1.82, 2.24) is 5.32 Å². The van der Waals surface area contributed by atoms with Crippen LogP contribution < -0.4 is 10.1 Å². The number of fused-ring (bicyclic) bond motifs is 2. The Morgan fingerprint density at radius 1 is 1.44 bits per heavy atom. The van der Waals surface area contributed by atoms with Crippen LogP contribution in [-0.2, 0) is 17.6 Å². The number of morpholine rings is 1. The molecule has 0 saturated carbocycles. The summed E-state index contributed by atoms with van der Waals surface area (Å²) in [6.07, 6.45) is 2.87. The van der Waals surface area contributed by atoms with Gasteiger partial charge in [0.05, 0.1) is 13.7 Å². The summed E-state index contributed by atoms with van der Waals surface area (Å²) in [6, 6.07) is 6.47. The van der Waals surface area contributed by atoms with Gasteiger partial charge >= 0.3 is 0 Å². The Balaban J connectivity index is 1.91. The van der Waals surface area contributed by atoms with Crippen LogP contribution in [-0.4, -0.2) is 30.9 Å². The highest BCUT2D eigenvalue weighted by Gasteiger charge is 2.34. The Morgan fingerprint density at radius 3 is 3.11 bits per heavy atom. The van der Waals surface area contributed by atoms with Gasteiger partial charge in [0.1, 0.15) is 23.9 Å². The SMILES string of the molecule is COc1cccc2c1C[C@H]1O/C(=C\O)CN[C@@H]1C2. The summed E-state index contributed by atoms with van der Waals surface area (Å²) in [4.78, 5) is 0. The smallest absolute Gasteiger partial charge is 0.144 e. The fraction of sp³-hybridized carbons (Fsp3) is 0.429. The lowest BCUT2D eigenvalue weighted by Crippen LogP contribution is -2.51. The molecule has 4 nitrogen and oxygen atoms in total. The molecule has 0 aromatic heterocycles. The van der Waals surface area contributed by atoms with Crippen LogP contribution in [0.4, 0.5) is 0 Å². The van der Waals surface area contributed by atoms with E-state index in [1.165, 1.54) is 11.1 Å². The molecule has 3 rings (SSSR count). The van der Waals surface area contributed by atoms with Crippen LogP contribution in [0.5, 0.6) is 5.75 Å². The minimum atomic E-state index is 0.0703. The fourth-order valence-electron chi connectivity index (χ4n) is 2.81. The number of aliphatic hydroxyl groups is 1. The van der Waals surface area contributed by atoms with Crippen molar-refractivity contribution in [3.8, 4) is 5.75 Å². The van der Waals surface area contributed by atoms with Crippen LogP contribution in [0, 0.1) is 0 Å². The van der Waals surface area contributed by atoms with Crippen LogP contribution in [0.2, 0.25) is 0 Å². The molecule has 2 atom stereocenters. The molecular weight excluding hydrogens is 230 g/mol. The second-order valence-electron chi connectivity index (χ2n) is 4.75. The summed E-state index contributed by atoms with van der Waals surface area (Å²) in [7, 11) is 1.70. The van der Waals surface area contributed by atoms with Gasteiger partial charge in [-0.15, -0.1) is 0 Å². The van der Waals surface area contributed by atoms with Gasteiger partial charge in [-0.2, -0.15) is 0 Å². The monoisotopic (exact) mass is 247 g/mol. The van der Waals surface area contributed by atoms with E-state index in [9.17, 15) is 0 Å². The van der Waals surface area contributed by atoms with E-state index in [-0.39, 0.29) is 6.10 Å². The van der Waals surface area contributed by atoms with Crippen molar-refractivity contribution in [2.24, 2.45) is 0 Å². The molecule has 2 N–H and O–H groups in total. The van der Waals surface area contributed by atoms with Crippen molar-refractivity contribution in [2.75, 3.05) is 13.7 Å². The number of rotatable bonds is 1. The molecule has 0 amide bonds. The summed E-state index contributed by atoms with van der Waals surface area (Å²) in [5.74, 6) is 1.53.